The quantitative estimate of drug-likeness (QED) is 0.896. The summed E-state index contributed by atoms with van der Waals surface area (Å²) in [6, 6.07) is 4.53. The Kier molecular flexibility index (Phi) is 2.93. The normalized spacial score (nSPS) is 34.1. The van der Waals surface area contributed by atoms with E-state index >= 15 is 0 Å². The number of carbonyl (C=O) groups is 2. The van der Waals surface area contributed by atoms with Gasteiger partial charge in [0, 0.05) is 5.92 Å². The van der Waals surface area contributed by atoms with Gasteiger partial charge in [-0.25, -0.2) is 4.79 Å². The van der Waals surface area contributed by atoms with Gasteiger partial charge in [0.05, 0.1) is 18.4 Å². The van der Waals surface area contributed by atoms with Crippen molar-refractivity contribution >= 4 is 17.6 Å². The predicted molar refractivity (Wildman–Crippen MR) is 79.9 cm³/mol. The number of amides is 1. The average Bonchev–Trinajstić information content (AvgIpc) is 2.96. The third-order valence-corrected chi connectivity index (χ3v) is 5.74. The summed E-state index contributed by atoms with van der Waals surface area (Å²) in [4.78, 5) is 23.5. The molecule has 0 aromatic heterocycles. The summed E-state index contributed by atoms with van der Waals surface area (Å²) in [5.74, 6) is 2.27. The van der Waals surface area contributed by atoms with Crippen molar-refractivity contribution in [1.29, 1.82) is 0 Å². The molecule has 2 N–H and O–H groups in total. The van der Waals surface area contributed by atoms with Crippen molar-refractivity contribution in [2.45, 2.75) is 19.3 Å². The van der Waals surface area contributed by atoms with Gasteiger partial charge in [0.15, 0.2) is 0 Å². The maximum Gasteiger partial charge on any atom is 0.335 e. The second kappa shape index (κ2) is 4.73. The molecule has 0 aliphatic heterocycles. The predicted octanol–water partition coefficient (Wildman–Crippen LogP) is 2.62. The summed E-state index contributed by atoms with van der Waals surface area (Å²) in [5, 5.41) is 11.9. The first-order valence-electron chi connectivity index (χ1n) is 7.82. The number of carboxylic acid groups (broad SMARTS) is 1. The zero-order valence-corrected chi connectivity index (χ0v) is 12.4. The fraction of sp³-hybridized carbons (Fsp3) is 0.529. The molecule has 5 heteroatoms. The summed E-state index contributed by atoms with van der Waals surface area (Å²) >= 11 is 0. The molecule has 4 rings (SSSR count). The molecule has 5 nitrogen and oxygen atoms in total. The minimum Gasteiger partial charge on any atom is -0.495 e. The van der Waals surface area contributed by atoms with Crippen LogP contribution in [0.4, 0.5) is 5.69 Å². The molecule has 22 heavy (non-hydrogen) atoms. The van der Waals surface area contributed by atoms with Crippen LogP contribution in [0, 0.1) is 29.6 Å². The number of benzene rings is 1. The number of rotatable bonds is 4. The Morgan fingerprint density at radius 1 is 1.23 bits per heavy atom. The minimum atomic E-state index is -1.01. The van der Waals surface area contributed by atoms with Gasteiger partial charge in [0.25, 0.3) is 0 Å². The summed E-state index contributed by atoms with van der Waals surface area (Å²) in [5.41, 5.74) is 0.700. The third kappa shape index (κ3) is 1.91. The standard InChI is InChI=1S/C17H19NO4/c1-22-12-7-10(17(20)21)4-5-11(12)18-16(19)15-13-8-2-3-9(6-8)14(13)15/h4-5,7-9,13-15H,2-3,6H2,1H3,(H,18,19)(H,20,21). The van der Waals surface area contributed by atoms with Gasteiger partial charge in [0.2, 0.25) is 5.91 Å². The highest BCUT2D eigenvalue weighted by molar-refractivity contribution is 5.97. The molecule has 4 atom stereocenters. The molecular formula is C17H19NO4. The van der Waals surface area contributed by atoms with Crippen LogP contribution in [0.3, 0.4) is 0 Å². The van der Waals surface area contributed by atoms with Crippen molar-refractivity contribution in [2.24, 2.45) is 29.6 Å². The van der Waals surface area contributed by atoms with E-state index in [-0.39, 0.29) is 17.4 Å². The number of fused-ring (bicyclic) bond motifs is 5. The second-order valence-electron chi connectivity index (χ2n) is 6.72. The lowest BCUT2D eigenvalue weighted by atomic mass is 10.0. The molecular weight excluding hydrogens is 282 g/mol. The molecule has 3 aliphatic carbocycles. The number of ether oxygens (including phenoxy) is 1. The molecule has 0 heterocycles. The Morgan fingerprint density at radius 3 is 2.50 bits per heavy atom. The van der Waals surface area contributed by atoms with Crippen LogP contribution in [-0.4, -0.2) is 24.1 Å². The maximum absolute atomic E-state index is 12.5. The van der Waals surface area contributed by atoms with Crippen LogP contribution in [0.2, 0.25) is 0 Å². The molecule has 4 unspecified atom stereocenters. The summed E-state index contributed by atoms with van der Waals surface area (Å²) in [6.07, 6.45) is 3.88. The Bertz CT molecular complexity index is 640. The molecule has 0 saturated heterocycles. The average molecular weight is 301 g/mol. The zero-order valence-electron chi connectivity index (χ0n) is 12.4. The molecule has 3 aliphatic rings. The summed E-state index contributed by atoms with van der Waals surface area (Å²) < 4.78 is 5.21. The number of aromatic carboxylic acids is 1. The van der Waals surface area contributed by atoms with E-state index in [2.05, 4.69) is 5.32 Å². The number of carbonyl (C=O) groups excluding carboxylic acids is 1. The smallest absolute Gasteiger partial charge is 0.335 e. The van der Waals surface area contributed by atoms with Gasteiger partial charge in [-0.3, -0.25) is 4.79 Å². The molecule has 2 bridgehead atoms. The summed E-state index contributed by atoms with van der Waals surface area (Å²) in [7, 11) is 1.47. The van der Waals surface area contributed by atoms with Crippen molar-refractivity contribution in [2.75, 3.05) is 12.4 Å². The highest BCUT2D eigenvalue weighted by Gasteiger charge is 2.67. The Balaban J connectivity index is 1.50. The molecule has 3 saturated carbocycles. The van der Waals surface area contributed by atoms with Gasteiger partial charge in [-0.1, -0.05) is 0 Å². The van der Waals surface area contributed by atoms with Crippen LogP contribution < -0.4 is 10.1 Å². The van der Waals surface area contributed by atoms with Gasteiger partial charge >= 0.3 is 5.97 Å². The van der Waals surface area contributed by atoms with Crippen molar-refractivity contribution in [3.63, 3.8) is 0 Å². The fourth-order valence-corrected chi connectivity index (χ4v) is 4.82. The van der Waals surface area contributed by atoms with Crippen LogP contribution in [0.1, 0.15) is 29.6 Å². The fourth-order valence-electron chi connectivity index (χ4n) is 4.82. The lowest BCUT2D eigenvalue weighted by Crippen LogP contribution is -2.19. The topological polar surface area (TPSA) is 75.6 Å². The molecule has 1 aromatic rings. The Morgan fingerprint density at radius 2 is 1.91 bits per heavy atom. The molecule has 116 valence electrons. The van der Waals surface area contributed by atoms with Crippen molar-refractivity contribution in [3.05, 3.63) is 23.8 Å². The number of hydrogen-bond acceptors (Lipinski definition) is 3. The molecule has 1 aromatic carbocycles. The van der Waals surface area contributed by atoms with Gasteiger partial charge in [-0.05, 0) is 61.1 Å². The van der Waals surface area contributed by atoms with Gasteiger partial charge in [-0.2, -0.15) is 0 Å². The van der Waals surface area contributed by atoms with Crippen LogP contribution in [0.15, 0.2) is 18.2 Å². The Hall–Kier alpha value is -2.04. The summed E-state index contributed by atoms with van der Waals surface area (Å²) in [6.45, 7) is 0. The lowest BCUT2D eigenvalue weighted by Gasteiger charge is -2.13. The van der Waals surface area contributed by atoms with E-state index in [0.717, 1.165) is 11.8 Å². The third-order valence-electron chi connectivity index (χ3n) is 5.74. The van der Waals surface area contributed by atoms with E-state index in [1.807, 2.05) is 0 Å². The highest BCUT2D eigenvalue weighted by atomic mass is 16.5. The second-order valence-corrected chi connectivity index (χ2v) is 6.72. The molecule has 1 amide bonds. The first-order chi connectivity index (χ1) is 10.6. The van der Waals surface area contributed by atoms with E-state index in [4.69, 9.17) is 9.84 Å². The SMILES string of the molecule is COc1cc(C(=O)O)ccc1NC(=O)C1C2C3CCC(C3)C12. The highest BCUT2D eigenvalue weighted by Crippen LogP contribution is 2.69. The van der Waals surface area contributed by atoms with Crippen LogP contribution >= 0.6 is 0 Å². The first-order valence-corrected chi connectivity index (χ1v) is 7.82. The van der Waals surface area contributed by atoms with E-state index in [0.29, 0.717) is 23.3 Å². The number of anilines is 1. The maximum atomic E-state index is 12.5. The van der Waals surface area contributed by atoms with Crippen LogP contribution in [0.25, 0.3) is 0 Å². The largest absolute Gasteiger partial charge is 0.495 e. The van der Waals surface area contributed by atoms with Crippen LogP contribution in [-0.2, 0) is 4.79 Å². The van der Waals surface area contributed by atoms with Gasteiger partial charge < -0.3 is 15.2 Å². The van der Waals surface area contributed by atoms with Gasteiger partial charge in [0.1, 0.15) is 5.75 Å². The number of methoxy groups -OCH3 is 1. The number of carboxylic acids is 1. The molecule has 0 spiro atoms. The zero-order chi connectivity index (χ0) is 15.4. The monoisotopic (exact) mass is 301 g/mol. The van der Waals surface area contributed by atoms with E-state index < -0.39 is 5.97 Å². The molecule has 0 radical (unpaired) electrons. The lowest BCUT2D eigenvalue weighted by molar-refractivity contribution is -0.118. The minimum absolute atomic E-state index is 0.0629. The van der Waals surface area contributed by atoms with E-state index in [1.165, 1.54) is 38.5 Å². The van der Waals surface area contributed by atoms with Crippen molar-refractivity contribution in [3.8, 4) is 5.75 Å². The first kappa shape index (κ1) is 13.6. The van der Waals surface area contributed by atoms with E-state index in [9.17, 15) is 9.59 Å². The van der Waals surface area contributed by atoms with E-state index in [1.54, 1.807) is 6.07 Å². The van der Waals surface area contributed by atoms with Crippen LogP contribution in [0.5, 0.6) is 5.75 Å². The van der Waals surface area contributed by atoms with Crippen molar-refractivity contribution in [1.82, 2.24) is 0 Å². The van der Waals surface area contributed by atoms with Crippen molar-refractivity contribution < 1.29 is 19.4 Å². The van der Waals surface area contributed by atoms with Gasteiger partial charge in [-0.15, -0.1) is 0 Å². The number of nitrogens with one attached hydrogen (secondary N) is 1. The molecule has 3 fully saturated rings. The number of hydrogen-bond donors (Lipinski definition) is 2. The Labute approximate surface area is 128 Å².